The Morgan fingerprint density at radius 2 is 1.91 bits per heavy atom. The van der Waals surface area contributed by atoms with Crippen molar-refractivity contribution in [2.75, 3.05) is 26.8 Å². The lowest BCUT2D eigenvalue weighted by molar-refractivity contribution is -0.130. The molecule has 1 saturated heterocycles. The molecule has 0 atom stereocenters. The van der Waals surface area contributed by atoms with E-state index in [-0.39, 0.29) is 9.78 Å². The number of carbonyl (C=O) groups is 1. The lowest BCUT2D eigenvalue weighted by atomic mass is 10.1. The molecular weight excluding hydrogens is 450 g/mol. The molecule has 174 valence electrons. The number of rotatable bonds is 10. The van der Waals surface area contributed by atoms with Crippen LogP contribution in [-0.4, -0.2) is 50.6 Å². The number of ether oxygens (including phenoxy) is 2. The van der Waals surface area contributed by atoms with Gasteiger partial charge in [0, 0.05) is 18.0 Å². The van der Waals surface area contributed by atoms with E-state index in [4.69, 9.17) is 9.47 Å². The van der Waals surface area contributed by atoms with Crippen LogP contribution in [-0.2, 0) is 14.8 Å². The van der Waals surface area contributed by atoms with E-state index < -0.39 is 16.0 Å². The average molecular weight is 480 g/mol. The number of carboxylic acids is 1. The molecule has 1 aromatic carbocycles. The molecule has 3 rings (SSSR count). The van der Waals surface area contributed by atoms with Crippen molar-refractivity contribution < 1.29 is 27.8 Å². The zero-order chi connectivity index (χ0) is 23.3. The lowest BCUT2D eigenvalue weighted by Gasteiger charge is -2.13. The number of benzene rings is 1. The van der Waals surface area contributed by atoms with Gasteiger partial charge in [-0.1, -0.05) is 19.9 Å². The molecule has 1 fully saturated rings. The van der Waals surface area contributed by atoms with Gasteiger partial charge in [0.15, 0.2) is 11.5 Å². The molecule has 1 aliphatic rings. The zero-order valence-corrected chi connectivity index (χ0v) is 20.2. The van der Waals surface area contributed by atoms with Crippen LogP contribution in [0.2, 0.25) is 0 Å². The molecule has 2 aromatic rings. The summed E-state index contributed by atoms with van der Waals surface area (Å²) in [6, 6.07) is 8.25. The molecule has 0 spiro atoms. The Balaban J connectivity index is 1.87. The molecule has 7 nitrogen and oxygen atoms in total. The summed E-state index contributed by atoms with van der Waals surface area (Å²) in [5.74, 6) is 0.493. The van der Waals surface area contributed by atoms with Crippen LogP contribution in [0.15, 0.2) is 34.5 Å². The number of aliphatic carboxylic acids is 1. The van der Waals surface area contributed by atoms with Crippen LogP contribution >= 0.6 is 11.3 Å². The molecule has 0 amide bonds. The topological polar surface area (TPSA) is 93.1 Å². The van der Waals surface area contributed by atoms with E-state index in [9.17, 15) is 18.3 Å². The van der Waals surface area contributed by atoms with Crippen molar-refractivity contribution in [3.8, 4) is 11.5 Å². The van der Waals surface area contributed by atoms with E-state index in [0.29, 0.717) is 47.6 Å². The lowest BCUT2D eigenvalue weighted by Crippen LogP contribution is -2.27. The number of carboxylic acid groups (broad SMARTS) is 1. The fourth-order valence-electron chi connectivity index (χ4n) is 3.36. The number of sulfonamides is 1. The quantitative estimate of drug-likeness (QED) is 0.501. The smallest absolute Gasteiger partial charge is 0.337 e. The van der Waals surface area contributed by atoms with Gasteiger partial charge in [0.05, 0.1) is 19.3 Å². The van der Waals surface area contributed by atoms with E-state index in [1.54, 1.807) is 24.3 Å². The van der Waals surface area contributed by atoms with Crippen LogP contribution in [0.1, 0.15) is 43.6 Å². The van der Waals surface area contributed by atoms with E-state index in [0.717, 1.165) is 30.6 Å². The van der Waals surface area contributed by atoms with Gasteiger partial charge >= 0.3 is 5.97 Å². The molecule has 1 aromatic heterocycles. The number of methoxy groups -OCH3 is 1. The number of hydrogen-bond acceptors (Lipinski definition) is 6. The molecule has 0 bridgehead atoms. The highest BCUT2D eigenvalue weighted by atomic mass is 32.2. The Morgan fingerprint density at radius 1 is 1.19 bits per heavy atom. The molecule has 2 heterocycles. The summed E-state index contributed by atoms with van der Waals surface area (Å²) in [5, 5.41) is 9.78. The molecule has 32 heavy (non-hydrogen) atoms. The Hall–Kier alpha value is -2.36. The van der Waals surface area contributed by atoms with Gasteiger partial charge in [-0.3, -0.25) is 0 Å². The van der Waals surface area contributed by atoms with Gasteiger partial charge in [-0.05, 0) is 61.1 Å². The average Bonchev–Trinajstić information content (AvgIpc) is 3.45. The van der Waals surface area contributed by atoms with Crippen molar-refractivity contribution in [1.29, 1.82) is 0 Å². The van der Waals surface area contributed by atoms with Crippen molar-refractivity contribution in [1.82, 2.24) is 4.31 Å². The summed E-state index contributed by atoms with van der Waals surface area (Å²) >= 11 is 0.975. The molecule has 0 unspecified atom stereocenters. The first-order valence-electron chi connectivity index (χ1n) is 10.6. The van der Waals surface area contributed by atoms with E-state index in [1.807, 2.05) is 0 Å². The van der Waals surface area contributed by atoms with E-state index >= 15 is 0 Å². The third-order valence-corrected chi connectivity index (χ3v) is 8.67. The van der Waals surface area contributed by atoms with Crippen molar-refractivity contribution in [2.45, 2.75) is 37.3 Å². The highest BCUT2D eigenvalue weighted by molar-refractivity contribution is 7.91. The predicted octanol–water partition coefficient (Wildman–Crippen LogP) is 4.59. The Labute approximate surface area is 193 Å². The van der Waals surface area contributed by atoms with Crippen LogP contribution < -0.4 is 9.47 Å². The van der Waals surface area contributed by atoms with Crippen molar-refractivity contribution in [3.05, 3.63) is 40.8 Å². The van der Waals surface area contributed by atoms with Gasteiger partial charge in [0.1, 0.15) is 4.21 Å². The second-order valence-electron chi connectivity index (χ2n) is 8.03. The third kappa shape index (κ3) is 5.70. The molecule has 1 aliphatic heterocycles. The van der Waals surface area contributed by atoms with E-state index in [1.165, 1.54) is 23.6 Å². The summed E-state index contributed by atoms with van der Waals surface area (Å²) in [6.45, 7) is 5.81. The maximum Gasteiger partial charge on any atom is 0.337 e. The van der Waals surface area contributed by atoms with Crippen molar-refractivity contribution in [2.24, 2.45) is 5.92 Å². The van der Waals surface area contributed by atoms with Gasteiger partial charge in [-0.25, -0.2) is 13.2 Å². The summed E-state index contributed by atoms with van der Waals surface area (Å²) in [5.41, 5.74) is 0.640. The van der Waals surface area contributed by atoms with Gasteiger partial charge in [-0.2, -0.15) is 4.31 Å². The Kier molecular flexibility index (Phi) is 7.97. The van der Waals surface area contributed by atoms with Crippen LogP contribution in [0.3, 0.4) is 0 Å². The molecule has 0 saturated carbocycles. The Morgan fingerprint density at radius 3 is 2.53 bits per heavy atom. The summed E-state index contributed by atoms with van der Waals surface area (Å²) in [6.07, 6.45) is 4.11. The minimum Gasteiger partial charge on any atom is -0.493 e. The van der Waals surface area contributed by atoms with Gasteiger partial charge in [-0.15, -0.1) is 11.3 Å². The maximum absolute atomic E-state index is 12.8. The molecule has 9 heteroatoms. The van der Waals surface area contributed by atoms with Crippen LogP contribution in [0, 0.1) is 5.92 Å². The minimum atomic E-state index is -3.59. The minimum absolute atomic E-state index is 0.0217. The van der Waals surface area contributed by atoms with E-state index in [2.05, 4.69) is 13.8 Å². The fourth-order valence-corrected chi connectivity index (χ4v) is 6.35. The molecular formula is C23H29NO6S2. The largest absolute Gasteiger partial charge is 0.493 e. The summed E-state index contributed by atoms with van der Waals surface area (Å²) in [4.78, 5) is 12.3. The van der Waals surface area contributed by atoms with Gasteiger partial charge < -0.3 is 14.6 Å². The fraction of sp³-hybridized carbons (Fsp3) is 0.435. The predicted molar refractivity (Wildman–Crippen MR) is 126 cm³/mol. The van der Waals surface area contributed by atoms with Gasteiger partial charge in [0.2, 0.25) is 0 Å². The first kappa shape index (κ1) is 24.3. The SMILES string of the molecule is COc1cc(/C=C(/C(=O)O)c2ccc(S(=O)(=O)N3CCCC3)s2)ccc1OCCC(C)C. The Bertz CT molecular complexity index is 1080. The second-order valence-corrected chi connectivity index (χ2v) is 11.3. The number of thiophene rings is 1. The first-order valence-corrected chi connectivity index (χ1v) is 12.8. The highest BCUT2D eigenvalue weighted by Crippen LogP contribution is 2.34. The van der Waals surface area contributed by atoms with Crippen LogP contribution in [0.5, 0.6) is 11.5 Å². The highest BCUT2D eigenvalue weighted by Gasteiger charge is 2.29. The van der Waals surface area contributed by atoms with Crippen LogP contribution in [0.25, 0.3) is 11.6 Å². The zero-order valence-electron chi connectivity index (χ0n) is 18.5. The van der Waals surface area contributed by atoms with Crippen molar-refractivity contribution >= 4 is 39.0 Å². The first-order chi connectivity index (χ1) is 15.2. The standard InChI is InChI=1S/C23H29NO6S2/c1-16(2)10-13-30-19-7-6-17(15-20(19)29-3)14-18(23(25)26)21-8-9-22(31-21)32(27,28)24-11-4-5-12-24/h6-9,14-16H,4-5,10-13H2,1-3H3,(H,25,26)/b18-14+. The van der Waals surface area contributed by atoms with Gasteiger partial charge in [0.25, 0.3) is 10.0 Å². The number of nitrogens with zero attached hydrogens (tertiary/aromatic N) is 1. The monoisotopic (exact) mass is 479 g/mol. The third-order valence-electron chi connectivity index (χ3n) is 5.19. The van der Waals surface area contributed by atoms with Crippen LogP contribution in [0.4, 0.5) is 0 Å². The normalized spacial score (nSPS) is 15.3. The number of hydrogen-bond donors (Lipinski definition) is 1. The molecule has 0 radical (unpaired) electrons. The second kappa shape index (κ2) is 10.5. The summed E-state index contributed by atoms with van der Waals surface area (Å²) < 4.78 is 38.4. The summed E-state index contributed by atoms with van der Waals surface area (Å²) in [7, 11) is -2.05. The van der Waals surface area contributed by atoms with Crippen molar-refractivity contribution in [3.63, 3.8) is 0 Å². The molecule has 1 N–H and O–H groups in total. The molecule has 0 aliphatic carbocycles. The maximum atomic E-state index is 12.8.